The molecule has 13 nitrogen and oxygen atoms in total. The molecule has 0 spiro atoms. The van der Waals surface area contributed by atoms with Crippen molar-refractivity contribution in [3.8, 4) is 0 Å². The van der Waals surface area contributed by atoms with E-state index in [1.807, 2.05) is 6.92 Å². The Morgan fingerprint density at radius 3 is 1.39 bits per heavy atom. The lowest BCUT2D eigenvalue weighted by molar-refractivity contribution is -0.283. The zero-order valence-corrected chi connectivity index (χ0v) is 23.6. The van der Waals surface area contributed by atoms with E-state index in [1.165, 1.54) is 14.2 Å². The van der Waals surface area contributed by atoms with Crippen LogP contribution in [0.1, 0.15) is 34.6 Å². The van der Waals surface area contributed by atoms with E-state index in [-0.39, 0.29) is 56.6 Å². The highest BCUT2D eigenvalue weighted by Crippen LogP contribution is 2.27. The molecule has 0 aliphatic carbocycles. The average Bonchev–Trinajstić information content (AvgIpc) is 2.87. The minimum absolute atomic E-state index is 0.146. The summed E-state index contributed by atoms with van der Waals surface area (Å²) in [5.41, 5.74) is 0. The molecule has 0 aromatic carbocycles. The van der Waals surface area contributed by atoms with Crippen molar-refractivity contribution in [1.82, 2.24) is 0 Å². The molecule has 2 heterocycles. The number of rotatable bonds is 13. The van der Waals surface area contributed by atoms with E-state index in [2.05, 4.69) is 0 Å². The average molecular weight is 559 g/mol. The number of hydrogen-bond donors (Lipinski definition) is 6. The van der Waals surface area contributed by atoms with Gasteiger partial charge in [0.25, 0.3) is 0 Å². The standard InChI is InChI=1S/C14H28O7.C11H22O6/c1-8(15)5-20-9(2)6-19-7-11-10(3)12(16)13(17)14(18-4)21-11;1-6(12)4-16-5-8-7(2)9(13)10(14)11(15-3)17-8/h8-17H,5-7H2,1-4H3;6-14H,4-5H2,1-3H3. The molecule has 0 bridgehead atoms. The van der Waals surface area contributed by atoms with Crippen LogP contribution in [0.5, 0.6) is 0 Å². The molecule has 13 unspecified atom stereocenters. The summed E-state index contributed by atoms with van der Waals surface area (Å²) in [5, 5.41) is 57.4. The fraction of sp³-hybridized carbons (Fsp3) is 1.00. The van der Waals surface area contributed by atoms with Crippen LogP contribution < -0.4 is 0 Å². The summed E-state index contributed by atoms with van der Waals surface area (Å²) in [6, 6.07) is 0. The Morgan fingerprint density at radius 2 is 1.03 bits per heavy atom. The van der Waals surface area contributed by atoms with Crippen molar-refractivity contribution >= 4 is 0 Å². The van der Waals surface area contributed by atoms with Gasteiger partial charge in [0.15, 0.2) is 12.6 Å². The SMILES string of the molecule is COC1OC(COCC(C)O)C(C)C(O)C1O.COC1OC(COCC(C)OCC(C)O)C(C)C(O)C1O. The maximum absolute atomic E-state index is 9.95. The van der Waals surface area contributed by atoms with Crippen LogP contribution in [0.3, 0.4) is 0 Å². The van der Waals surface area contributed by atoms with Crippen molar-refractivity contribution < 1.29 is 63.8 Å². The fourth-order valence-electron chi connectivity index (χ4n) is 3.97. The molecule has 0 saturated carbocycles. The van der Waals surface area contributed by atoms with E-state index in [4.69, 9.17) is 43.4 Å². The van der Waals surface area contributed by atoms with Crippen LogP contribution in [0.2, 0.25) is 0 Å². The molecule has 2 aliphatic heterocycles. The third-order valence-corrected chi connectivity index (χ3v) is 6.49. The molecule has 2 saturated heterocycles. The van der Waals surface area contributed by atoms with Gasteiger partial charge in [-0.1, -0.05) is 13.8 Å². The van der Waals surface area contributed by atoms with Gasteiger partial charge in [-0.05, 0) is 20.8 Å². The second-order valence-electron chi connectivity index (χ2n) is 10.2. The topological polar surface area (TPSA) is 186 Å². The van der Waals surface area contributed by atoms with Gasteiger partial charge in [0.1, 0.15) is 12.2 Å². The lowest BCUT2D eigenvalue weighted by Gasteiger charge is -2.40. The first-order valence-corrected chi connectivity index (χ1v) is 13.1. The molecule has 6 N–H and O–H groups in total. The van der Waals surface area contributed by atoms with Crippen molar-refractivity contribution in [2.45, 2.75) is 102 Å². The molecule has 13 atom stereocenters. The zero-order valence-electron chi connectivity index (χ0n) is 23.6. The molecule has 2 fully saturated rings. The van der Waals surface area contributed by atoms with E-state index in [0.29, 0.717) is 6.61 Å². The molecule has 2 aliphatic rings. The predicted octanol–water partition coefficient (Wildman–Crippen LogP) is -1.37. The van der Waals surface area contributed by atoms with Crippen LogP contribution in [0.15, 0.2) is 0 Å². The van der Waals surface area contributed by atoms with Gasteiger partial charge in [-0.15, -0.1) is 0 Å². The van der Waals surface area contributed by atoms with Crippen molar-refractivity contribution in [1.29, 1.82) is 0 Å². The quantitative estimate of drug-likeness (QED) is 0.156. The first kappa shape index (κ1) is 35.5. The summed E-state index contributed by atoms with van der Waals surface area (Å²) in [4.78, 5) is 0. The largest absolute Gasteiger partial charge is 0.391 e. The Labute approximate surface area is 225 Å². The second-order valence-corrected chi connectivity index (χ2v) is 10.2. The molecule has 2 rings (SSSR count). The lowest BCUT2D eigenvalue weighted by Crippen LogP contribution is -2.55. The Bertz CT molecular complexity index is 606. The number of methoxy groups -OCH3 is 2. The van der Waals surface area contributed by atoms with E-state index >= 15 is 0 Å². The van der Waals surface area contributed by atoms with E-state index in [1.54, 1.807) is 27.7 Å². The smallest absolute Gasteiger partial charge is 0.186 e. The third-order valence-electron chi connectivity index (χ3n) is 6.49. The summed E-state index contributed by atoms with van der Waals surface area (Å²) in [7, 11) is 2.82. The summed E-state index contributed by atoms with van der Waals surface area (Å²) < 4.78 is 37.2. The fourth-order valence-corrected chi connectivity index (χ4v) is 3.97. The summed E-state index contributed by atoms with van der Waals surface area (Å²) in [6.45, 7) is 10.0. The first-order chi connectivity index (χ1) is 17.8. The highest BCUT2D eigenvalue weighted by molar-refractivity contribution is 4.87. The number of ether oxygens (including phenoxy) is 7. The molecule has 228 valence electrons. The Kier molecular flexibility index (Phi) is 16.8. The molecular weight excluding hydrogens is 508 g/mol. The number of aliphatic hydroxyl groups excluding tert-OH is 6. The predicted molar refractivity (Wildman–Crippen MR) is 134 cm³/mol. The van der Waals surface area contributed by atoms with E-state index < -0.39 is 49.2 Å². The first-order valence-electron chi connectivity index (χ1n) is 13.1. The monoisotopic (exact) mass is 558 g/mol. The Morgan fingerprint density at radius 1 is 0.632 bits per heavy atom. The van der Waals surface area contributed by atoms with Gasteiger partial charge < -0.3 is 63.8 Å². The summed E-state index contributed by atoms with van der Waals surface area (Å²) >= 11 is 0. The van der Waals surface area contributed by atoms with Gasteiger partial charge in [0.2, 0.25) is 0 Å². The molecular formula is C25H50O13. The highest BCUT2D eigenvalue weighted by atomic mass is 16.7. The molecule has 0 aromatic rings. The molecule has 0 radical (unpaired) electrons. The van der Waals surface area contributed by atoms with Crippen LogP contribution in [-0.4, -0.2) is 145 Å². The third kappa shape index (κ3) is 11.5. The van der Waals surface area contributed by atoms with E-state index in [0.717, 1.165) is 0 Å². The molecule has 13 heteroatoms. The summed E-state index contributed by atoms with van der Waals surface area (Å²) in [6.07, 6.45) is -7.56. The number of aliphatic hydroxyl groups is 6. The van der Waals surface area contributed by atoms with Crippen LogP contribution in [0.25, 0.3) is 0 Å². The zero-order chi connectivity index (χ0) is 29.0. The van der Waals surface area contributed by atoms with Crippen LogP contribution in [0.4, 0.5) is 0 Å². The minimum Gasteiger partial charge on any atom is -0.391 e. The highest BCUT2D eigenvalue weighted by Gasteiger charge is 2.43. The lowest BCUT2D eigenvalue weighted by atomic mass is 9.91. The van der Waals surface area contributed by atoms with Gasteiger partial charge in [-0.25, -0.2) is 0 Å². The molecule has 0 amide bonds. The van der Waals surface area contributed by atoms with Gasteiger partial charge in [-0.2, -0.15) is 0 Å². The second kappa shape index (κ2) is 18.0. The maximum Gasteiger partial charge on any atom is 0.186 e. The van der Waals surface area contributed by atoms with Crippen molar-refractivity contribution in [2.75, 3.05) is 47.3 Å². The minimum atomic E-state index is -1.06. The van der Waals surface area contributed by atoms with Crippen LogP contribution >= 0.6 is 0 Å². The van der Waals surface area contributed by atoms with Gasteiger partial charge in [0.05, 0.1) is 75.8 Å². The van der Waals surface area contributed by atoms with Gasteiger partial charge >= 0.3 is 0 Å². The maximum atomic E-state index is 9.95. The van der Waals surface area contributed by atoms with Crippen molar-refractivity contribution in [3.63, 3.8) is 0 Å². The van der Waals surface area contributed by atoms with E-state index in [9.17, 15) is 20.4 Å². The molecule has 38 heavy (non-hydrogen) atoms. The van der Waals surface area contributed by atoms with Crippen LogP contribution in [0, 0.1) is 11.8 Å². The Balaban J connectivity index is 0.000000389. The van der Waals surface area contributed by atoms with Crippen molar-refractivity contribution in [3.05, 3.63) is 0 Å². The normalized spacial score (nSPS) is 38.1. The number of hydrogen-bond acceptors (Lipinski definition) is 13. The Hall–Kier alpha value is -0.520. The van der Waals surface area contributed by atoms with Gasteiger partial charge in [-0.3, -0.25) is 0 Å². The van der Waals surface area contributed by atoms with Crippen molar-refractivity contribution in [2.24, 2.45) is 11.8 Å². The van der Waals surface area contributed by atoms with Crippen LogP contribution in [-0.2, 0) is 33.2 Å². The van der Waals surface area contributed by atoms with Gasteiger partial charge in [0, 0.05) is 26.1 Å². The summed E-state index contributed by atoms with van der Waals surface area (Å²) in [5.74, 6) is -0.523. The molecule has 0 aromatic heterocycles.